The van der Waals surface area contributed by atoms with Gasteiger partial charge >= 0.3 is 5.97 Å². The fraction of sp³-hybridized carbons (Fsp3) is 0.364. The Balaban J connectivity index is 2.78. The normalized spacial score (nSPS) is 9.86. The maximum absolute atomic E-state index is 11.1. The van der Waals surface area contributed by atoms with Crippen molar-refractivity contribution in [2.45, 2.75) is 13.0 Å². The number of carbonyl (C=O) groups is 1. The molecule has 1 aromatic carbocycles. The molecule has 0 heterocycles. The summed E-state index contributed by atoms with van der Waals surface area (Å²) in [6.07, 6.45) is 0.302. The van der Waals surface area contributed by atoms with E-state index in [4.69, 9.17) is 4.74 Å². The average molecular weight is 194 g/mol. The molecule has 1 rings (SSSR count). The van der Waals surface area contributed by atoms with Crippen molar-refractivity contribution in [2.24, 2.45) is 0 Å². The highest BCUT2D eigenvalue weighted by atomic mass is 16.5. The van der Waals surface area contributed by atoms with Crippen LogP contribution in [0.25, 0.3) is 0 Å². The second-order valence-corrected chi connectivity index (χ2v) is 2.95. The molecule has 0 aliphatic carbocycles. The fourth-order valence-electron chi connectivity index (χ4n) is 1.25. The Bertz CT molecular complexity index is 307. The molecular weight excluding hydrogens is 180 g/mol. The molecule has 0 unspecified atom stereocenters. The molecule has 0 amide bonds. The molecule has 1 aromatic rings. The monoisotopic (exact) mass is 194 g/mol. The van der Waals surface area contributed by atoms with Gasteiger partial charge in [-0.25, -0.2) is 0 Å². The molecule has 0 fully saturated rings. The summed E-state index contributed by atoms with van der Waals surface area (Å²) in [4.78, 5) is 11.1. The lowest BCUT2D eigenvalue weighted by Gasteiger charge is -2.06. The molecule has 0 aliphatic heterocycles. The van der Waals surface area contributed by atoms with E-state index in [2.05, 4.69) is 4.74 Å². The Morgan fingerprint density at radius 3 is 2.43 bits per heavy atom. The van der Waals surface area contributed by atoms with Gasteiger partial charge in [0.2, 0.25) is 0 Å². The zero-order valence-electron chi connectivity index (χ0n) is 8.45. The third-order valence-electron chi connectivity index (χ3n) is 1.98. The van der Waals surface area contributed by atoms with Crippen LogP contribution >= 0.6 is 0 Å². The van der Waals surface area contributed by atoms with Crippen LogP contribution in [0.5, 0.6) is 0 Å². The lowest BCUT2D eigenvalue weighted by molar-refractivity contribution is -0.139. The topological polar surface area (TPSA) is 35.5 Å². The van der Waals surface area contributed by atoms with E-state index < -0.39 is 0 Å². The zero-order chi connectivity index (χ0) is 10.4. The van der Waals surface area contributed by atoms with Gasteiger partial charge in [-0.1, -0.05) is 24.3 Å². The summed E-state index contributed by atoms with van der Waals surface area (Å²) < 4.78 is 9.64. The highest BCUT2D eigenvalue weighted by Gasteiger charge is 2.06. The van der Waals surface area contributed by atoms with Crippen molar-refractivity contribution in [1.29, 1.82) is 0 Å². The smallest absolute Gasteiger partial charge is 0.309 e. The summed E-state index contributed by atoms with van der Waals surface area (Å²) in [5, 5.41) is 0. The van der Waals surface area contributed by atoms with Crippen LogP contribution in [0.4, 0.5) is 0 Å². The molecule has 0 saturated heterocycles. The van der Waals surface area contributed by atoms with Gasteiger partial charge in [0.05, 0.1) is 20.1 Å². The van der Waals surface area contributed by atoms with Crippen molar-refractivity contribution in [3.05, 3.63) is 35.4 Å². The first kappa shape index (κ1) is 10.7. The number of benzene rings is 1. The summed E-state index contributed by atoms with van der Waals surface area (Å²) in [5.41, 5.74) is 1.99. The molecule has 0 aromatic heterocycles. The second-order valence-electron chi connectivity index (χ2n) is 2.95. The Hall–Kier alpha value is -1.35. The van der Waals surface area contributed by atoms with E-state index in [1.807, 2.05) is 24.3 Å². The maximum atomic E-state index is 11.1. The summed E-state index contributed by atoms with van der Waals surface area (Å²) >= 11 is 0. The zero-order valence-corrected chi connectivity index (χ0v) is 8.45. The molecule has 0 atom stereocenters. The maximum Gasteiger partial charge on any atom is 0.309 e. The third-order valence-corrected chi connectivity index (χ3v) is 1.98. The van der Waals surface area contributed by atoms with E-state index in [0.29, 0.717) is 13.0 Å². The van der Waals surface area contributed by atoms with Gasteiger partial charge in [0.1, 0.15) is 0 Å². The predicted octanol–water partition coefficient (Wildman–Crippen LogP) is 1.55. The van der Waals surface area contributed by atoms with Gasteiger partial charge in [0.25, 0.3) is 0 Å². The highest BCUT2D eigenvalue weighted by Crippen LogP contribution is 2.10. The summed E-state index contributed by atoms with van der Waals surface area (Å²) in [6.45, 7) is 0.521. The van der Waals surface area contributed by atoms with E-state index in [9.17, 15) is 4.79 Å². The Labute approximate surface area is 83.6 Å². The Morgan fingerprint density at radius 2 is 1.86 bits per heavy atom. The molecule has 0 spiro atoms. The molecule has 0 bridgehead atoms. The molecule has 0 radical (unpaired) electrons. The lowest BCUT2D eigenvalue weighted by atomic mass is 10.1. The molecule has 0 aliphatic rings. The van der Waals surface area contributed by atoms with Crippen molar-refractivity contribution in [3.63, 3.8) is 0 Å². The van der Waals surface area contributed by atoms with Crippen LogP contribution in [0.1, 0.15) is 11.1 Å². The molecule has 3 heteroatoms. The molecule has 0 N–H and O–H groups in total. The van der Waals surface area contributed by atoms with Crippen LogP contribution < -0.4 is 0 Å². The first-order chi connectivity index (χ1) is 6.77. The molecule has 3 nitrogen and oxygen atoms in total. The van der Waals surface area contributed by atoms with Crippen molar-refractivity contribution >= 4 is 5.97 Å². The minimum absolute atomic E-state index is 0.228. The second kappa shape index (κ2) is 5.40. The van der Waals surface area contributed by atoms with Gasteiger partial charge in [0.15, 0.2) is 0 Å². The highest BCUT2D eigenvalue weighted by molar-refractivity contribution is 5.72. The van der Waals surface area contributed by atoms with Crippen LogP contribution in [0, 0.1) is 0 Å². The van der Waals surface area contributed by atoms with Gasteiger partial charge in [-0.05, 0) is 11.1 Å². The number of hydrogen-bond acceptors (Lipinski definition) is 3. The largest absolute Gasteiger partial charge is 0.469 e. The molecular formula is C11H14O3. The van der Waals surface area contributed by atoms with Crippen LogP contribution in [0.2, 0.25) is 0 Å². The van der Waals surface area contributed by atoms with E-state index in [0.717, 1.165) is 11.1 Å². The minimum Gasteiger partial charge on any atom is -0.469 e. The van der Waals surface area contributed by atoms with E-state index in [1.54, 1.807) is 7.11 Å². The van der Waals surface area contributed by atoms with Gasteiger partial charge < -0.3 is 9.47 Å². The summed E-state index contributed by atoms with van der Waals surface area (Å²) in [6, 6.07) is 7.68. The fourth-order valence-corrected chi connectivity index (χ4v) is 1.25. The van der Waals surface area contributed by atoms with Crippen LogP contribution in [-0.4, -0.2) is 20.2 Å². The molecule has 14 heavy (non-hydrogen) atoms. The summed E-state index contributed by atoms with van der Waals surface area (Å²) in [7, 11) is 3.02. The van der Waals surface area contributed by atoms with Gasteiger partial charge in [0, 0.05) is 7.11 Å². The quantitative estimate of drug-likeness (QED) is 0.682. The summed E-state index contributed by atoms with van der Waals surface area (Å²) in [5.74, 6) is -0.228. The Kier molecular flexibility index (Phi) is 4.13. The predicted molar refractivity (Wildman–Crippen MR) is 52.9 cm³/mol. The lowest BCUT2D eigenvalue weighted by Crippen LogP contribution is -2.07. The third kappa shape index (κ3) is 2.85. The van der Waals surface area contributed by atoms with E-state index >= 15 is 0 Å². The average Bonchev–Trinajstić information content (AvgIpc) is 2.21. The van der Waals surface area contributed by atoms with Gasteiger partial charge in [-0.3, -0.25) is 4.79 Å². The van der Waals surface area contributed by atoms with Gasteiger partial charge in [-0.2, -0.15) is 0 Å². The van der Waals surface area contributed by atoms with Crippen molar-refractivity contribution in [1.82, 2.24) is 0 Å². The minimum atomic E-state index is -0.228. The number of carbonyl (C=O) groups excluding carboxylic acids is 1. The molecule has 76 valence electrons. The van der Waals surface area contributed by atoms with Crippen molar-refractivity contribution in [2.75, 3.05) is 14.2 Å². The first-order valence-electron chi connectivity index (χ1n) is 4.40. The number of ether oxygens (including phenoxy) is 2. The molecule has 0 saturated carbocycles. The number of rotatable bonds is 4. The van der Waals surface area contributed by atoms with Crippen molar-refractivity contribution in [3.8, 4) is 0 Å². The van der Waals surface area contributed by atoms with Crippen LogP contribution in [0.3, 0.4) is 0 Å². The van der Waals surface area contributed by atoms with E-state index in [1.165, 1.54) is 7.11 Å². The van der Waals surface area contributed by atoms with E-state index in [-0.39, 0.29) is 5.97 Å². The SMILES string of the molecule is COCc1ccccc1CC(=O)OC. The van der Waals surface area contributed by atoms with Crippen LogP contribution in [0.15, 0.2) is 24.3 Å². The number of esters is 1. The first-order valence-corrected chi connectivity index (χ1v) is 4.40. The Morgan fingerprint density at radius 1 is 1.21 bits per heavy atom. The standard InChI is InChI=1S/C11H14O3/c1-13-8-10-6-4-3-5-9(10)7-11(12)14-2/h3-6H,7-8H2,1-2H3. The number of hydrogen-bond donors (Lipinski definition) is 0. The van der Waals surface area contributed by atoms with Gasteiger partial charge in [-0.15, -0.1) is 0 Å². The van der Waals surface area contributed by atoms with Crippen LogP contribution in [-0.2, 0) is 27.3 Å². The van der Waals surface area contributed by atoms with Crippen molar-refractivity contribution < 1.29 is 14.3 Å². The number of methoxy groups -OCH3 is 2.